The summed E-state index contributed by atoms with van der Waals surface area (Å²) in [6, 6.07) is 8.91. The number of Topliss-reactive ketones (excluding diaryl/α,β-unsaturated/α-hetero) is 1. The fourth-order valence-corrected chi connectivity index (χ4v) is 5.53. The lowest BCUT2D eigenvalue weighted by atomic mass is 9.88. The average Bonchev–Trinajstić information content (AvgIpc) is 2.74. The molecule has 0 fully saturated rings. The topological polar surface area (TPSA) is 123 Å². The number of rotatable bonds is 5. The van der Waals surface area contributed by atoms with Gasteiger partial charge in [-0.05, 0) is 24.5 Å². The molecule has 1 amide bonds. The Morgan fingerprint density at radius 2 is 2.03 bits per heavy atom. The summed E-state index contributed by atoms with van der Waals surface area (Å²) in [5.41, 5.74) is 1.37. The smallest absolute Gasteiger partial charge is 0.283 e. The van der Waals surface area contributed by atoms with Crippen LogP contribution in [0.4, 0.5) is 5.69 Å². The predicted octanol–water partition coefficient (Wildman–Crippen LogP) is 1.65. The maximum atomic E-state index is 13.4. The summed E-state index contributed by atoms with van der Waals surface area (Å²) < 4.78 is 29.7. The molecule has 1 N–H and O–H groups in total. The standard InChI is InChI=1S/C22H25N5O4S/c1-14(2)7-11-27-17-6-4-3-5-15(17)20(28)19(22(27)29)21-24-16-8-10-26(12-9-23)13-18(16)32(30,31)25-21/h3-6,14,19H,7-8,10-13H2,1-2H3,(H,24,25). The quantitative estimate of drug-likeness (QED) is 0.529. The van der Waals surface area contributed by atoms with Crippen LogP contribution in [0.5, 0.6) is 0 Å². The largest absolute Gasteiger partial charge is 0.344 e. The zero-order chi connectivity index (χ0) is 23.0. The van der Waals surface area contributed by atoms with E-state index in [1.807, 2.05) is 6.07 Å². The summed E-state index contributed by atoms with van der Waals surface area (Å²) in [6.07, 6.45) is 1.10. The van der Waals surface area contributed by atoms with Gasteiger partial charge in [0, 0.05) is 37.3 Å². The number of amides is 1. The van der Waals surface area contributed by atoms with Gasteiger partial charge < -0.3 is 10.2 Å². The Kier molecular flexibility index (Phi) is 5.88. The molecule has 3 aliphatic rings. The number of nitrogens with one attached hydrogen (secondary N) is 1. The summed E-state index contributed by atoms with van der Waals surface area (Å²) in [5.74, 6) is -2.06. The number of amidine groups is 1. The lowest BCUT2D eigenvalue weighted by molar-refractivity contribution is -0.119. The van der Waals surface area contributed by atoms with Gasteiger partial charge in [-0.25, -0.2) is 0 Å². The Hall–Kier alpha value is -3.03. The highest BCUT2D eigenvalue weighted by Gasteiger charge is 2.45. The van der Waals surface area contributed by atoms with Crippen LogP contribution in [0.1, 0.15) is 37.0 Å². The molecular weight excluding hydrogens is 430 g/mol. The van der Waals surface area contributed by atoms with Crippen molar-refractivity contribution in [2.75, 3.05) is 31.1 Å². The second-order valence-corrected chi connectivity index (χ2v) is 10.2. The molecule has 3 heterocycles. The number of anilines is 1. The molecule has 1 atom stereocenters. The number of fused-ring (bicyclic) bond motifs is 1. The number of para-hydroxylation sites is 1. The van der Waals surface area contributed by atoms with Gasteiger partial charge >= 0.3 is 0 Å². The Morgan fingerprint density at radius 1 is 1.28 bits per heavy atom. The number of carbonyl (C=O) groups excluding carboxylic acids is 2. The molecule has 0 bridgehead atoms. The summed E-state index contributed by atoms with van der Waals surface area (Å²) >= 11 is 0. The van der Waals surface area contributed by atoms with E-state index in [-0.39, 0.29) is 23.8 Å². The first-order chi connectivity index (χ1) is 15.2. The number of hydrogen-bond acceptors (Lipinski definition) is 7. The van der Waals surface area contributed by atoms with Gasteiger partial charge in [-0.2, -0.15) is 13.7 Å². The van der Waals surface area contributed by atoms with Gasteiger partial charge in [-0.1, -0.05) is 26.0 Å². The normalized spacial score (nSPS) is 22.8. The molecule has 3 aliphatic heterocycles. The van der Waals surface area contributed by atoms with Crippen molar-refractivity contribution < 1.29 is 18.0 Å². The van der Waals surface area contributed by atoms with E-state index in [0.717, 1.165) is 6.42 Å². The van der Waals surface area contributed by atoms with Crippen LogP contribution in [-0.2, 0) is 14.8 Å². The van der Waals surface area contributed by atoms with Gasteiger partial charge in [0.25, 0.3) is 10.0 Å². The Labute approximate surface area is 187 Å². The maximum Gasteiger partial charge on any atom is 0.283 e. The first-order valence-electron chi connectivity index (χ1n) is 10.6. The van der Waals surface area contributed by atoms with Gasteiger partial charge in [0.2, 0.25) is 5.91 Å². The predicted molar refractivity (Wildman–Crippen MR) is 119 cm³/mol. The molecule has 1 aromatic rings. The van der Waals surface area contributed by atoms with E-state index in [9.17, 15) is 18.0 Å². The highest BCUT2D eigenvalue weighted by molar-refractivity contribution is 7.94. The van der Waals surface area contributed by atoms with E-state index < -0.39 is 27.6 Å². The van der Waals surface area contributed by atoms with Crippen molar-refractivity contribution in [2.45, 2.75) is 26.7 Å². The molecular formula is C22H25N5O4S. The minimum absolute atomic E-state index is 0.0743. The Bertz CT molecular complexity index is 1180. The highest BCUT2D eigenvalue weighted by Crippen LogP contribution is 2.34. The van der Waals surface area contributed by atoms with Crippen molar-refractivity contribution in [3.63, 3.8) is 0 Å². The van der Waals surface area contributed by atoms with E-state index in [1.165, 1.54) is 0 Å². The zero-order valence-electron chi connectivity index (χ0n) is 18.0. The number of sulfonamides is 1. The number of carbonyl (C=O) groups is 2. The third-order valence-corrected chi connectivity index (χ3v) is 7.36. The second kappa shape index (κ2) is 8.48. The molecule has 0 aromatic heterocycles. The van der Waals surface area contributed by atoms with Crippen LogP contribution in [-0.4, -0.2) is 57.0 Å². The van der Waals surface area contributed by atoms with E-state index in [4.69, 9.17) is 5.26 Å². The third-order valence-electron chi connectivity index (χ3n) is 5.92. The van der Waals surface area contributed by atoms with Crippen molar-refractivity contribution in [1.29, 1.82) is 5.26 Å². The van der Waals surface area contributed by atoms with E-state index in [0.29, 0.717) is 42.4 Å². The summed E-state index contributed by atoms with van der Waals surface area (Å²) in [5, 5.41) is 11.9. The van der Waals surface area contributed by atoms with Gasteiger partial charge in [-0.15, -0.1) is 4.40 Å². The number of ketones is 1. The van der Waals surface area contributed by atoms with Crippen LogP contribution in [0, 0.1) is 23.2 Å². The second-order valence-electron chi connectivity index (χ2n) is 8.58. The fraction of sp³-hybridized carbons (Fsp3) is 0.455. The van der Waals surface area contributed by atoms with E-state index in [2.05, 4.69) is 23.6 Å². The molecule has 1 unspecified atom stereocenters. The maximum absolute atomic E-state index is 13.4. The van der Waals surface area contributed by atoms with Crippen LogP contribution in [0.15, 0.2) is 39.3 Å². The van der Waals surface area contributed by atoms with Crippen LogP contribution in [0.25, 0.3) is 0 Å². The average molecular weight is 456 g/mol. The van der Waals surface area contributed by atoms with Crippen LogP contribution < -0.4 is 10.2 Å². The summed E-state index contributed by atoms with van der Waals surface area (Å²) in [4.78, 5) is 30.1. The van der Waals surface area contributed by atoms with Crippen LogP contribution in [0.2, 0.25) is 0 Å². The zero-order valence-corrected chi connectivity index (χ0v) is 18.9. The minimum atomic E-state index is -4.07. The molecule has 168 valence electrons. The van der Waals surface area contributed by atoms with Crippen molar-refractivity contribution in [3.8, 4) is 6.07 Å². The fourth-order valence-electron chi connectivity index (χ4n) is 4.20. The monoisotopic (exact) mass is 455 g/mol. The molecule has 0 saturated heterocycles. The molecule has 4 rings (SSSR count). The molecule has 0 radical (unpaired) electrons. The van der Waals surface area contributed by atoms with Crippen LogP contribution in [0.3, 0.4) is 0 Å². The van der Waals surface area contributed by atoms with Gasteiger partial charge in [0.15, 0.2) is 11.7 Å². The van der Waals surface area contributed by atoms with Gasteiger partial charge in [0.05, 0.1) is 18.3 Å². The summed E-state index contributed by atoms with van der Waals surface area (Å²) in [6.45, 7) is 5.21. The van der Waals surface area contributed by atoms with Gasteiger partial charge in [-0.3, -0.25) is 14.5 Å². The Morgan fingerprint density at radius 3 is 2.75 bits per heavy atom. The molecule has 0 aliphatic carbocycles. The first kappa shape index (κ1) is 22.2. The highest BCUT2D eigenvalue weighted by atomic mass is 32.2. The molecule has 9 nitrogen and oxygen atoms in total. The van der Waals surface area contributed by atoms with Gasteiger partial charge in [0.1, 0.15) is 10.7 Å². The summed E-state index contributed by atoms with van der Waals surface area (Å²) in [7, 11) is -4.07. The third kappa shape index (κ3) is 3.94. The lowest BCUT2D eigenvalue weighted by Crippen LogP contribution is -2.53. The van der Waals surface area contributed by atoms with Crippen molar-refractivity contribution >= 4 is 33.2 Å². The van der Waals surface area contributed by atoms with Crippen LogP contribution >= 0.6 is 0 Å². The van der Waals surface area contributed by atoms with E-state index >= 15 is 0 Å². The number of hydrogen-bond donors (Lipinski definition) is 1. The number of nitrogens with zero attached hydrogens (tertiary/aromatic N) is 4. The SMILES string of the molecule is CC(C)CCN1C(=O)C(C2=NS(=O)(=O)C3=C(CCN(CC#N)C3)N2)C(=O)c2ccccc21. The Balaban J connectivity index is 1.70. The molecule has 10 heteroatoms. The van der Waals surface area contributed by atoms with Crippen molar-refractivity contribution in [3.05, 3.63) is 40.4 Å². The van der Waals surface area contributed by atoms with E-state index in [1.54, 1.807) is 34.1 Å². The molecule has 0 saturated carbocycles. The number of nitriles is 1. The van der Waals surface area contributed by atoms with Crippen molar-refractivity contribution in [2.24, 2.45) is 16.2 Å². The molecule has 32 heavy (non-hydrogen) atoms. The number of benzene rings is 1. The molecule has 0 spiro atoms. The minimum Gasteiger partial charge on any atom is -0.344 e. The van der Waals surface area contributed by atoms with Crippen molar-refractivity contribution in [1.82, 2.24) is 10.2 Å². The molecule has 1 aromatic carbocycles. The first-order valence-corrected chi connectivity index (χ1v) is 12.0. The lowest BCUT2D eigenvalue weighted by Gasteiger charge is -2.36.